The molecule has 128 valence electrons. The zero-order chi connectivity index (χ0) is 17.2. The van der Waals surface area contributed by atoms with E-state index >= 15 is 0 Å². The molecule has 0 N–H and O–H groups in total. The average molecular weight is 354 g/mol. The number of anilines is 1. The van der Waals surface area contributed by atoms with Gasteiger partial charge in [0, 0.05) is 26.3 Å². The molecule has 1 saturated heterocycles. The van der Waals surface area contributed by atoms with Gasteiger partial charge in [-0.3, -0.25) is 4.79 Å². The lowest BCUT2D eigenvalue weighted by molar-refractivity contribution is 0.0995. The summed E-state index contributed by atoms with van der Waals surface area (Å²) in [5.41, 5.74) is 1.60. The highest BCUT2D eigenvalue weighted by atomic mass is 32.1. The third-order valence-corrected chi connectivity index (χ3v) is 5.35. The number of ether oxygens (including phenoxy) is 1. The van der Waals surface area contributed by atoms with Crippen molar-refractivity contribution in [1.82, 2.24) is 9.55 Å². The monoisotopic (exact) mass is 354 g/mol. The summed E-state index contributed by atoms with van der Waals surface area (Å²) in [7, 11) is 1.93. The van der Waals surface area contributed by atoms with E-state index in [0.29, 0.717) is 29.4 Å². The Labute approximate surface area is 149 Å². The first kappa shape index (κ1) is 16.0. The minimum atomic E-state index is -0.267. The second-order valence-electron chi connectivity index (χ2n) is 5.80. The summed E-state index contributed by atoms with van der Waals surface area (Å²) in [6.07, 6.45) is 1.71. The number of morpholine rings is 1. The Hall–Kier alpha value is -2.51. The highest BCUT2D eigenvalue weighted by Gasteiger charge is 2.19. The molecular weight excluding hydrogens is 336 g/mol. The van der Waals surface area contributed by atoms with Crippen LogP contribution in [0.25, 0.3) is 10.2 Å². The molecule has 0 bridgehead atoms. The lowest BCUT2D eigenvalue weighted by Crippen LogP contribution is -2.37. The minimum absolute atomic E-state index is 0.267. The van der Waals surface area contributed by atoms with Crippen LogP contribution in [0.1, 0.15) is 10.4 Å². The lowest BCUT2D eigenvalue weighted by Gasteiger charge is -2.28. The van der Waals surface area contributed by atoms with Crippen molar-refractivity contribution in [3.8, 4) is 0 Å². The maximum atomic E-state index is 12.8. The van der Waals surface area contributed by atoms with Crippen LogP contribution in [0.3, 0.4) is 0 Å². The van der Waals surface area contributed by atoms with Crippen LogP contribution in [0.4, 0.5) is 5.82 Å². The van der Waals surface area contributed by atoms with Crippen LogP contribution >= 0.6 is 11.3 Å². The largest absolute Gasteiger partial charge is 0.378 e. The number of rotatable bonds is 2. The quantitative estimate of drug-likeness (QED) is 0.708. The van der Waals surface area contributed by atoms with E-state index in [1.807, 2.05) is 35.9 Å². The molecule has 7 heteroatoms. The van der Waals surface area contributed by atoms with E-state index in [-0.39, 0.29) is 5.91 Å². The second-order valence-corrected chi connectivity index (χ2v) is 6.81. The Morgan fingerprint density at radius 2 is 2.00 bits per heavy atom. The molecule has 0 spiro atoms. The smallest absolute Gasteiger partial charge is 0.283 e. The summed E-state index contributed by atoms with van der Waals surface area (Å²) < 4.78 is 8.44. The van der Waals surface area contributed by atoms with Crippen LogP contribution < -0.4 is 9.70 Å². The van der Waals surface area contributed by atoms with Crippen LogP contribution in [0.5, 0.6) is 0 Å². The van der Waals surface area contributed by atoms with Gasteiger partial charge >= 0.3 is 0 Å². The van der Waals surface area contributed by atoms with Gasteiger partial charge in [-0.2, -0.15) is 4.99 Å². The molecule has 25 heavy (non-hydrogen) atoms. The predicted octanol–water partition coefficient (Wildman–Crippen LogP) is 2.21. The van der Waals surface area contributed by atoms with Crippen LogP contribution in [0, 0.1) is 0 Å². The van der Waals surface area contributed by atoms with E-state index in [2.05, 4.69) is 14.9 Å². The van der Waals surface area contributed by atoms with Gasteiger partial charge in [-0.05, 0) is 24.3 Å². The summed E-state index contributed by atoms with van der Waals surface area (Å²) >= 11 is 1.51. The summed E-state index contributed by atoms with van der Waals surface area (Å²) in [6.45, 7) is 2.75. The SMILES string of the molecule is Cn1c(=NC(=O)c2cccnc2N2CCOCC2)sc2ccccc21. The number of fused-ring (bicyclic) bond motifs is 1. The molecule has 3 aromatic rings. The van der Waals surface area contributed by atoms with Crippen molar-refractivity contribution >= 4 is 33.3 Å². The number of hydrogen-bond donors (Lipinski definition) is 0. The standard InChI is InChI=1S/C18H18N4O2S/c1-21-14-6-2-3-7-15(14)25-18(21)20-17(23)13-5-4-8-19-16(13)22-9-11-24-12-10-22/h2-8H,9-12H2,1H3. The van der Waals surface area contributed by atoms with Crippen molar-refractivity contribution in [1.29, 1.82) is 0 Å². The number of pyridine rings is 1. The van der Waals surface area contributed by atoms with E-state index in [1.54, 1.807) is 18.3 Å². The van der Waals surface area contributed by atoms with Gasteiger partial charge in [-0.15, -0.1) is 0 Å². The molecular formula is C18H18N4O2S. The number of nitrogens with zero attached hydrogens (tertiary/aromatic N) is 4. The van der Waals surface area contributed by atoms with E-state index in [9.17, 15) is 4.79 Å². The van der Waals surface area contributed by atoms with E-state index < -0.39 is 0 Å². The van der Waals surface area contributed by atoms with E-state index in [1.165, 1.54) is 11.3 Å². The maximum Gasteiger partial charge on any atom is 0.283 e. The normalized spacial score (nSPS) is 15.7. The van der Waals surface area contributed by atoms with Crippen molar-refractivity contribution in [3.63, 3.8) is 0 Å². The minimum Gasteiger partial charge on any atom is -0.378 e. The van der Waals surface area contributed by atoms with Crippen LogP contribution in [0.2, 0.25) is 0 Å². The summed E-state index contributed by atoms with van der Waals surface area (Å²) in [6, 6.07) is 11.6. The summed E-state index contributed by atoms with van der Waals surface area (Å²) in [5, 5.41) is 0. The van der Waals surface area contributed by atoms with Crippen molar-refractivity contribution in [2.24, 2.45) is 12.0 Å². The Bertz CT molecular complexity index is 986. The molecule has 1 aliphatic heterocycles. The fraction of sp³-hybridized carbons (Fsp3) is 0.278. The van der Waals surface area contributed by atoms with Gasteiger partial charge in [0.15, 0.2) is 4.80 Å². The van der Waals surface area contributed by atoms with Gasteiger partial charge in [-0.1, -0.05) is 23.5 Å². The second kappa shape index (κ2) is 6.78. The van der Waals surface area contributed by atoms with Crippen molar-refractivity contribution in [2.75, 3.05) is 31.2 Å². The third-order valence-electron chi connectivity index (χ3n) is 4.24. The molecule has 2 aromatic heterocycles. The van der Waals surface area contributed by atoms with Crippen molar-refractivity contribution in [2.45, 2.75) is 0 Å². The fourth-order valence-corrected chi connectivity index (χ4v) is 3.94. The Morgan fingerprint density at radius 1 is 1.20 bits per heavy atom. The van der Waals surface area contributed by atoms with Gasteiger partial charge in [0.05, 0.1) is 29.0 Å². The van der Waals surface area contributed by atoms with Gasteiger partial charge in [0.1, 0.15) is 5.82 Å². The highest BCUT2D eigenvalue weighted by Crippen LogP contribution is 2.20. The fourth-order valence-electron chi connectivity index (χ4n) is 2.93. The van der Waals surface area contributed by atoms with Gasteiger partial charge in [0.25, 0.3) is 5.91 Å². The van der Waals surface area contributed by atoms with E-state index in [0.717, 1.165) is 23.3 Å². The van der Waals surface area contributed by atoms with Crippen LogP contribution in [-0.2, 0) is 11.8 Å². The number of carbonyl (C=O) groups excluding carboxylic acids is 1. The number of amides is 1. The molecule has 1 fully saturated rings. The number of aryl methyl sites for hydroxylation is 1. The number of benzene rings is 1. The van der Waals surface area contributed by atoms with Crippen molar-refractivity contribution in [3.05, 3.63) is 53.0 Å². The number of hydrogen-bond acceptors (Lipinski definition) is 5. The van der Waals surface area contributed by atoms with Crippen LogP contribution in [0.15, 0.2) is 47.6 Å². The summed E-state index contributed by atoms with van der Waals surface area (Å²) in [4.78, 5) is 24.4. The zero-order valence-corrected chi connectivity index (χ0v) is 14.7. The summed E-state index contributed by atoms with van der Waals surface area (Å²) in [5.74, 6) is 0.417. The number of thiazole rings is 1. The lowest BCUT2D eigenvalue weighted by atomic mass is 10.2. The first-order valence-electron chi connectivity index (χ1n) is 8.15. The van der Waals surface area contributed by atoms with Gasteiger partial charge in [-0.25, -0.2) is 4.98 Å². The first-order valence-corrected chi connectivity index (χ1v) is 8.97. The third kappa shape index (κ3) is 3.08. The molecule has 0 radical (unpaired) electrons. The topological polar surface area (TPSA) is 59.7 Å². The number of aromatic nitrogens is 2. The van der Waals surface area contributed by atoms with E-state index in [4.69, 9.17) is 4.74 Å². The molecule has 3 heterocycles. The molecule has 0 aliphatic carbocycles. The average Bonchev–Trinajstić information content (AvgIpc) is 2.98. The first-order chi connectivity index (χ1) is 12.2. The predicted molar refractivity (Wildman–Crippen MR) is 98.0 cm³/mol. The molecule has 1 amide bonds. The highest BCUT2D eigenvalue weighted by molar-refractivity contribution is 7.16. The molecule has 0 unspecified atom stereocenters. The van der Waals surface area contributed by atoms with Crippen molar-refractivity contribution < 1.29 is 9.53 Å². The number of para-hydroxylation sites is 1. The molecule has 1 aromatic carbocycles. The molecule has 4 rings (SSSR count). The Balaban J connectivity index is 1.75. The molecule has 0 saturated carbocycles. The molecule has 0 atom stereocenters. The molecule has 6 nitrogen and oxygen atoms in total. The van der Waals surface area contributed by atoms with Gasteiger partial charge in [0.2, 0.25) is 0 Å². The number of carbonyl (C=O) groups is 1. The van der Waals surface area contributed by atoms with Crippen LogP contribution in [-0.4, -0.2) is 41.8 Å². The molecule has 1 aliphatic rings. The zero-order valence-electron chi connectivity index (χ0n) is 13.9. The Morgan fingerprint density at radius 3 is 2.80 bits per heavy atom. The Kier molecular flexibility index (Phi) is 4.33. The van der Waals surface area contributed by atoms with Gasteiger partial charge < -0.3 is 14.2 Å². The maximum absolute atomic E-state index is 12.8.